The molecule has 1 heterocycles. The zero-order valence-electron chi connectivity index (χ0n) is 12.5. The minimum absolute atomic E-state index is 0.222. The molecular weight excluding hydrogens is 303 g/mol. The van der Waals surface area contributed by atoms with Crippen LogP contribution in [0, 0.1) is 5.82 Å². The molecule has 0 bridgehead atoms. The van der Waals surface area contributed by atoms with Crippen molar-refractivity contribution in [2.45, 2.75) is 38.6 Å². The lowest BCUT2D eigenvalue weighted by Crippen LogP contribution is -2.14. The second-order valence-electron chi connectivity index (χ2n) is 5.80. The Balaban J connectivity index is 1.93. The molecule has 1 aliphatic carbocycles. The predicted molar refractivity (Wildman–Crippen MR) is 87.5 cm³/mol. The molecule has 0 atom stereocenters. The van der Waals surface area contributed by atoms with Crippen molar-refractivity contribution in [3.63, 3.8) is 0 Å². The van der Waals surface area contributed by atoms with Crippen LogP contribution in [0.15, 0.2) is 24.3 Å². The summed E-state index contributed by atoms with van der Waals surface area (Å²) in [5, 5.41) is 6.50. The maximum absolute atomic E-state index is 13.9. The van der Waals surface area contributed by atoms with Gasteiger partial charge in [-0.25, -0.2) is 9.37 Å². The summed E-state index contributed by atoms with van der Waals surface area (Å²) in [6, 6.07) is 6.67. The summed E-state index contributed by atoms with van der Waals surface area (Å²) in [5.41, 5.74) is 1.22. The maximum Gasteiger partial charge on any atom is 0.225 e. The number of rotatable bonds is 5. The number of anilines is 3. The first-order valence-electron chi connectivity index (χ1n) is 7.39. The molecule has 22 heavy (non-hydrogen) atoms. The molecule has 0 unspecified atom stereocenters. The van der Waals surface area contributed by atoms with E-state index in [9.17, 15) is 4.39 Å². The number of para-hydroxylation sites is 1. The van der Waals surface area contributed by atoms with E-state index in [1.165, 1.54) is 6.07 Å². The number of halogens is 2. The molecule has 0 spiro atoms. The fraction of sp³-hybridized carbons (Fsp3) is 0.375. The van der Waals surface area contributed by atoms with E-state index in [2.05, 4.69) is 20.6 Å². The highest BCUT2D eigenvalue weighted by Crippen LogP contribution is 2.40. The normalized spacial score (nSPS) is 14.2. The van der Waals surface area contributed by atoms with E-state index in [-0.39, 0.29) is 11.7 Å². The van der Waals surface area contributed by atoms with E-state index >= 15 is 0 Å². The third-order valence-corrected chi connectivity index (χ3v) is 3.69. The van der Waals surface area contributed by atoms with Gasteiger partial charge in [0.1, 0.15) is 11.6 Å². The molecule has 0 saturated heterocycles. The van der Waals surface area contributed by atoms with Gasteiger partial charge in [0.2, 0.25) is 5.95 Å². The highest BCUT2D eigenvalue weighted by Gasteiger charge is 2.26. The molecular formula is C16H18ClFN4. The first kappa shape index (κ1) is 15.0. The van der Waals surface area contributed by atoms with Gasteiger partial charge in [-0.15, -0.1) is 0 Å². The first-order valence-corrected chi connectivity index (χ1v) is 7.77. The molecule has 0 amide bonds. The van der Waals surface area contributed by atoms with E-state index in [0.29, 0.717) is 22.7 Å². The average Bonchev–Trinajstić information content (AvgIpc) is 3.26. The molecule has 1 aliphatic rings. The summed E-state index contributed by atoms with van der Waals surface area (Å²) >= 11 is 6.06. The summed E-state index contributed by atoms with van der Waals surface area (Å²) < 4.78 is 13.9. The van der Waals surface area contributed by atoms with E-state index in [4.69, 9.17) is 11.6 Å². The Morgan fingerprint density at radius 2 is 2.05 bits per heavy atom. The molecule has 1 aromatic carbocycles. The van der Waals surface area contributed by atoms with Crippen LogP contribution < -0.4 is 10.6 Å². The number of benzene rings is 1. The van der Waals surface area contributed by atoms with Gasteiger partial charge in [0.25, 0.3) is 0 Å². The molecule has 2 N–H and O–H groups in total. The molecule has 2 aromatic rings. The summed E-state index contributed by atoms with van der Waals surface area (Å²) in [6.45, 7) is 4.04. The van der Waals surface area contributed by atoms with Crippen molar-refractivity contribution in [1.29, 1.82) is 0 Å². The summed E-state index contributed by atoms with van der Waals surface area (Å²) in [4.78, 5) is 8.94. The van der Waals surface area contributed by atoms with Crippen LogP contribution in [0.25, 0.3) is 0 Å². The molecule has 1 aromatic heterocycles. The molecule has 116 valence electrons. The lowest BCUT2D eigenvalue weighted by atomic mass is 10.2. The van der Waals surface area contributed by atoms with Crippen LogP contribution in [0.4, 0.5) is 21.8 Å². The zero-order chi connectivity index (χ0) is 15.7. The van der Waals surface area contributed by atoms with Crippen molar-refractivity contribution in [2.75, 3.05) is 10.6 Å². The largest absolute Gasteiger partial charge is 0.352 e. The fourth-order valence-electron chi connectivity index (χ4n) is 2.19. The van der Waals surface area contributed by atoms with Crippen LogP contribution >= 0.6 is 11.6 Å². The number of hydrogen-bond acceptors (Lipinski definition) is 4. The Bertz CT molecular complexity index is 666. The van der Waals surface area contributed by atoms with Crippen molar-refractivity contribution in [1.82, 2.24) is 9.97 Å². The van der Waals surface area contributed by atoms with Crippen molar-refractivity contribution >= 4 is 29.1 Å². The van der Waals surface area contributed by atoms with Gasteiger partial charge in [0, 0.05) is 18.0 Å². The first-order chi connectivity index (χ1) is 10.5. The third-order valence-electron chi connectivity index (χ3n) is 3.38. The van der Waals surface area contributed by atoms with Crippen LogP contribution in [-0.4, -0.2) is 16.0 Å². The summed E-state index contributed by atoms with van der Waals surface area (Å²) in [7, 11) is 0. The van der Waals surface area contributed by atoms with Crippen LogP contribution in [0.3, 0.4) is 0 Å². The quantitative estimate of drug-likeness (QED) is 0.837. The number of hydrogen-bond donors (Lipinski definition) is 2. The van der Waals surface area contributed by atoms with Gasteiger partial charge in [-0.05, 0) is 38.8 Å². The van der Waals surface area contributed by atoms with Gasteiger partial charge in [0.15, 0.2) is 0 Å². The molecule has 1 saturated carbocycles. The molecule has 0 radical (unpaired) electrons. The predicted octanol–water partition coefficient (Wildman–Crippen LogP) is 4.71. The fourth-order valence-corrected chi connectivity index (χ4v) is 2.40. The summed E-state index contributed by atoms with van der Waals surface area (Å²) in [5.74, 6) is 1.17. The second kappa shape index (κ2) is 6.08. The van der Waals surface area contributed by atoms with Gasteiger partial charge < -0.3 is 10.6 Å². The van der Waals surface area contributed by atoms with E-state index in [0.717, 1.165) is 18.5 Å². The zero-order valence-corrected chi connectivity index (χ0v) is 13.3. The highest BCUT2D eigenvalue weighted by molar-refractivity contribution is 6.33. The molecule has 3 rings (SSSR count). The number of aromatic nitrogens is 2. The van der Waals surface area contributed by atoms with Gasteiger partial charge in [-0.1, -0.05) is 17.7 Å². The highest BCUT2D eigenvalue weighted by atomic mass is 35.5. The smallest absolute Gasteiger partial charge is 0.225 e. The van der Waals surface area contributed by atoms with Crippen LogP contribution in [0.1, 0.15) is 38.3 Å². The SMILES string of the molecule is CC(C)Nc1nc(Nc2c(F)cccc2Cl)cc(C2CC2)n1. The Kier molecular flexibility index (Phi) is 4.16. The Morgan fingerprint density at radius 1 is 1.27 bits per heavy atom. The van der Waals surface area contributed by atoms with Crippen molar-refractivity contribution in [3.8, 4) is 0 Å². The minimum Gasteiger partial charge on any atom is -0.352 e. The number of nitrogens with one attached hydrogen (secondary N) is 2. The van der Waals surface area contributed by atoms with Gasteiger partial charge in [-0.2, -0.15) is 4.98 Å². The van der Waals surface area contributed by atoms with Crippen molar-refractivity contribution in [3.05, 3.63) is 40.8 Å². The van der Waals surface area contributed by atoms with Crippen LogP contribution in [0.2, 0.25) is 5.02 Å². The average molecular weight is 321 g/mol. The molecule has 6 heteroatoms. The lowest BCUT2D eigenvalue weighted by Gasteiger charge is -2.13. The number of nitrogens with zero attached hydrogens (tertiary/aromatic N) is 2. The Hall–Kier alpha value is -1.88. The molecule has 4 nitrogen and oxygen atoms in total. The van der Waals surface area contributed by atoms with Crippen molar-refractivity contribution in [2.24, 2.45) is 0 Å². The Labute approximate surface area is 134 Å². The standard InChI is InChI=1S/C16H18ClFN4/c1-9(2)19-16-20-13(10-6-7-10)8-14(22-16)21-15-11(17)4-3-5-12(15)18/h3-5,8-10H,6-7H2,1-2H3,(H2,19,20,21,22). The van der Waals surface area contributed by atoms with Gasteiger partial charge in [-0.3, -0.25) is 0 Å². The maximum atomic E-state index is 13.9. The van der Waals surface area contributed by atoms with Gasteiger partial charge in [0.05, 0.1) is 16.4 Å². The van der Waals surface area contributed by atoms with Crippen LogP contribution in [-0.2, 0) is 0 Å². The Morgan fingerprint density at radius 3 is 2.68 bits per heavy atom. The summed E-state index contributed by atoms with van der Waals surface area (Å²) in [6.07, 6.45) is 2.27. The third kappa shape index (κ3) is 3.47. The van der Waals surface area contributed by atoms with E-state index in [1.54, 1.807) is 12.1 Å². The topological polar surface area (TPSA) is 49.8 Å². The second-order valence-corrected chi connectivity index (χ2v) is 6.20. The monoisotopic (exact) mass is 320 g/mol. The minimum atomic E-state index is -0.405. The van der Waals surface area contributed by atoms with Gasteiger partial charge >= 0.3 is 0 Å². The molecule has 1 fully saturated rings. The van der Waals surface area contributed by atoms with Crippen molar-refractivity contribution < 1.29 is 4.39 Å². The van der Waals surface area contributed by atoms with E-state index < -0.39 is 5.82 Å². The van der Waals surface area contributed by atoms with E-state index in [1.807, 2.05) is 19.9 Å². The molecule has 0 aliphatic heterocycles. The lowest BCUT2D eigenvalue weighted by molar-refractivity contribution is 0.632. The van der Waals surface area contributed by atoms with Crippen LogP contribution in [0.5, 0.6) is 0 Å².